The number of rotatable bonds is 7. The molecule has 0 atom stereocenters. The molecular formula is C21H24N2O4. The van der Waals surface area contributed by atoms with E-state index in [-0.39, 0.29) is 11.8 Å². The molecule has 0 radical (unpaired) electrons. The third kappa shape index (κ3) is 4.94. The summed E-state index contributed by atoms with van der Waals surface area (Å²) in [4.78, 5) is 35.8. The molecule has 0 fully saturated rings. The lowest BCUT2D eigenvalue weighted by Crippen LogP contribution is -2.28. The molecule has 6 heteroatoms. The van der Waals surface area contributed by atoms with Gasteiger partial charge in [-0.1, -0.05) is 25.1 Å². The third-order valence-electron chi connectivity index (χ3n) is 4.32. The van der Waals surface area contributed by atoms with Gasteiger partial charge < -0.3 is 15.7 Å². The third-order valence-corrected chi connectivity index (χ3v) is 4.32. The van der Waals surface area contributed by atoms with E-state index in [1.54, 1.807) is 62.4 Å². The van der Waals surface area contributed by atoms with Gasteiger partial charge in [0.15, 0.2) is 0 Å². The van der Waals surface area contributed by atoms with Crippen LogP contribution in [0.4, 0.5) is 5.69 Å². The van der Waals surface area contributed by atoms with Crippen molar-refractivity contribution >= 4 is 23.5 Å². The zero-order valence-corrected chi connectivity index (χ0v) is 15.7. The summed E-state index contributed by atoms with van der Waals surface area (Å²) in [5, 5.41) is 14.8. The number of aliphatic carboxylic acids is 1. The fourth-order valence-corrected chi connectivity index (χ4v) is 2.44. The lowest BCUT2D eigenvalue weighted by molar-refractivity contribution is -0.142. The van der Waals surface area contributed by atoms with Crippen molar-refractivity contribution in [3.8, 4) is 0 Å². The number of benzene rings is 2. The number of anilines is 1. The van der Waals surface area contributed by atoms with Crippen LogP contribution in [0.3, 0.4) is 0 Å². The molecule has 6 nitrogen and oxygen atoms in total. The Morgan fingerprint density at radius 2 is 1.56 bits per heavy atom. The Kier molecular flexibility index (Phi) is 6.34. The number of amides is 2. The zero-order valence-electron chi connectivity index (χ0n) is 15.7. The van der Waals surface area contributed by atoms with Crippen molar-refractivity contribution in [1.82, 2.24) is 5.32 Å². The van der Waals surface area contributed by atoms with Crippen LogP contribution in [-0.4, -0.2) is 29.4 Å². The SMILES string of the molecule is CCCNC(=O)c1cccc(C(=O)Nc2ccc(C(C)(C)C(=O)O)cc2)c1. The highest BCUT2D eigenvalue weighted by Gasteiger charge is 2.29. The Morgan fingerprint density at radius 3 is 2.11 bits per heavy atom. The van der Waals surface area contributed by atoms with E-state index in [0.717, 1.165) is 6.42 Å². The van der Waals surface area contributed by atoms with E-state index in [4.69, 9.17) is 0 Å². The van der Waals surface area contributed by atoms with Crippen LogP contribution in [0.15, 0.2) is 48.5 Å². The molecule has 0 aliphatic carbocycles. The normalized spacial score (nSPS) is 10.9. The van der Waals surface area contributed by atoms with E-state index < -0.39 is 11.4 Å². The predicted octanol–water partition coefficient (Wildman–Crippen LogP) is 3.44. The molecule has 0 saturated heterocycles. The summed E-state index contributed by atoms with van der Waals surface area (Å²) in [6.45, 7) is 5.79. The van der Waals surface area contributed by atoms with Gasteiger partial charge in [0, 0.05) is 23.4 Å². The largest absolute Gasteiger partial charge is 0.481 e. The lowest BCUT2D eigenvalue weighted by Gasteiger charge is -2.19. The van der Waals surface area contributed by atoms with E-state index in [0.29, 0.717) is 28.9 Å². The van der Waals surface area contributed by atoms with Gasteiger partial charge >= 0.3 is 5.97 Å². The van der Waals surface area contributed by atoms with Gasteiger partial charge in [0.2, 0.25) is 0 Å². The van der Waals surface area contributed by atoms with Crippen LogP contribution in [0.5, 0.6) is 0 Å². The number of nitrogens with one attached hydrogen (secondary N) is 2. The quantitative estimate of drug-likeness (QED) is 0.697. The molecule has 0 aromatic heterocycles. The van der Waals surface area contributed by atoms with Crippen molar-refractivity contribution in [3.63, 3.8) is 0 Å². The second-order valence-electron chi connectivity index (χ2n) is 6.80. The van der Waals surface area contributed by atoms with E-state index in [1.165, 1.54) is 0 Å². The van der Waals surface area contributed by atoms with Crippen molar-refractivity contribution in [2.75, 3.05) is 11.9 Å². The standard InChI is InChI=1S/C21H24N2O4/c1-4-12-22-18(24)14-6-5-7-15(13-14)19(25)23-17-10-8-16(9-11-17)21(2,3)20(26)27/h5-11,13H,4,12H2,1-3H3,(H,22,24)(H,23,25)(H,26,27). The predicted molar refractivity (Wildman–Crippen MR) is 104 cm³/mol. The summed E-state index contributed by atoms with van der Waals surface area (Å²) in [6.07, 6.45) is 0.834. The highest BCUT2D eigenvalue weighted by atomic mass is 16.4. The zero-order chi connectivity index (χ0) is 20.0. The molecule has 3 N–H and O–H groups in total. The molecule has 2 aromatic rings. The van der Waals surface area contributed by atoms with Crippen LogP contribution in [-0.2, 0) is 10.2 Å². The molecule has 27 heavy (non-hydrogen) atoms. The molecule has 0 heterocycles. The number of carbonyl (C=O) groups excluding carboxylic acids is 2. The molecule has 142 valence electrons. The molecule has 0 unspecified atom stereocenters. The van der Waals surface area contributed by atoms with Gasteiger partial charge in [-0.15, -0.1) is 0 Å². The van der Waals surface area contributed by atoms with E-state index in [9.17, 15) is 19.5 Å². The summed E-state index contributed by atoms with van der Waals surface area (Å²) in [6, 6.07) is 13.2. The van der Waals surface area contributed by atoms with Gasteiger partial charge in [0.1, 0.15) is 0 Å². The van der Waals surface area contributed by atoms with Gasteiger partial charge in [-0.2, -0.15) is 0 Å². The molecule has 0 aliphatic rings. The number of carbonyl (C=O) groups is 3. The Labute approximate surface area is 158 Å². The first-order valence-electron chi connectivity index (χ1n) is 8.79. The fourth-order valence-electron chi connectivity index (χ4n) is 2.44. The summed E-state index contributed by atoms with van der Waals surface area (Å²) in [7, 11) is 0. The molecule has 2 amide bonds. The van der Waals surface area contributed by atoms with E-state index in [2.05, 4.69) is 10.6 Å². The van der Waals surface area contributed by atoms with Crippen LogP contribution in [0.1, 0.15) is 53.5 Å². The second kappa shape index (κ2) is 8.49. The minimum Gasteiger partial charge on any atom is -0.481 e. The van der Waals surface area contributed by atoms with E-state index >= 15 is 0 Å². The average molecular weight is 368 g/mol. The van der Waals surface area contributed by atoms with Crippen LogP contribution in [0.25, 0.3) is 0 Å². The van der Waals surface area contributed by atoms with Crippen LogP contribution in [0, 0.1) is 0 Å². The van der Waals surface area contributed by atoms with Crippen molar-refractivity contribution in [1.29, 1.82) is 0 Å². The summed E-state index contributed by atoms with van der Waals surface area (Å²) in [5.41, 5.74) is 0.972. The Morgan fingerprint density at radius 1 is 0.963 bits per heavy atom. The van der Waals surface area contributed by atoms with Gasteiger partial charge in [0.05, 0.1) is 5.41 Å². The molecule has 0 saturated carbocycles. The van der Waals surface area contributed by atoms with Crippen LogP contribution < -0.4 is 10.6 Å². The Balaban J connectivity index is 2.11. The summed E-state index contributed by atoms with van der Waals surface area (Å²) in [5.74, 6) is -1.48. The maximum atomic E-state index is 12.5. The average Bonchev–Trinajstić information content (AvgIpc) is 2.66. The molecule has 0 spiro atoms. The van der Waals surface area contributed by atoms with Crippen molar-refractivity contribution in [3.05, 3.63) is 65.2 Å². The first-order valence-corrected chi connectivity index (χ1v) is 8.79. The highest BCUT2D eigenvalue weighted by Crippen LogP contribution is 2.25. The Hall–Kier alpha value is -3.15. The minimum absolute atomic E-state index is 0.216. The monoisotopic (exact) mass is 368 g/mol. The molecule has 2 rings (SSSR count). The first-order chi connectivity index (χ1) is 12.8. The minimum atomic E-state index is -1.01. The number of carboxylic acid groups (broad SMARTS) is 1. The summed E-state index contributed by atoms with van der Waals surface area (Å²) >= 11 is 0. The van der Waals surface area contributed by atoms with Crippen molar-refractivity contribution in [2.45, 2.75) is 32.6 Å². The fraction of sp³-hybridized carbons (Fsp3) is 0.286. The topological polar surface area (TPSA) is 95.5 Å². The van der Waals surface area contributed by atoms with Crippen molar-refractivity contribution in [2.24, 2.45) is 0 Å². The van der Waals surface area contributed by atoms with Gasteiger partial charge in [-0.05, 0) is 56.2 Å². The Bertz CT molecular complexity index is 842. The van der Waals surface area contributed by atoms with Crippen molar-refractivity contribution < 1.29 is 19.5 Å². The molecule has 2 aromatic carbocycles. The van der Waals surface area contributed by atoms with E-state index in [1.807, 2.05) is 6.92 Å². The summed E-state index contributed by atoms with van der Waals surface area (Å²) < 4.78 is 0. The second-order valence-corrected chi connectivity index (χ2v) is 6.80. The molecule has 0 bridgehead atoms. The van der Waals surface area contributed by atoms with Crippen LogP contribution in [0.2, 0.25) is 0 Å². The lowest BCUT2D eigenvalue weighted by atomic mass is 9.85. The maximum Gasteiger partial charge on any atom is 0.313 e. The molecule has 0 aliphatic heterocycles. The van der Waals surface area contributed by atoms with Gasteiger partial charge in [-0.25, -0.2) is 0 Å². The number of hydrogen-bond acceptors (Lipinski definition) is 3. The number of carboxylic acids is 1. The first kappa shape index (κ1) is 20.2. The smallest absolute Gasteiger partial charge is 0.313 e. The van der Waals surface area contributed by atoms with Gasteiger partial charge in [0.25, 0.3) is 11.8 Å². The number of hydrogen-bond donors (Lipinski definition) is 3. The maximum absolute atomic E-state index is 12.5. The van der Waals surface area contributed by atoms with Crippen LogP contribution >= 0.6 is 0 Å². The highest BCUT2D eigenvalue weighted by molar-refractivity contribution is 6.06. The van der Waals surface area contributed by atoms with Gasteiger partial charge in [-0.3, -0.25) is 14.4 Å². The molecular weight excluding hydrogens is 344 g/mol.